The highest BCUT2D eigenvalue weighted by molar-refractivity contribution is 6.13. The summed E-state index contributed by atoms with van der Waals surface area (Å²) < 4.78 is 2.26. The number of para-hydroxylation sites is 1. The maximum atomic E-state index is 5.16. The van der Waals surface area contributed by atoms with E-state index in [-0.39, 0.29) is 0 Å². The molecule has 8 aromatic rings. The van der Waals surface area contributed by atoms with Crippen LogP contribution in [0, 0.1) is 0 Å². The van der Waals surface area contributed by atoms with E-state index in [1.807, 2.05) is 54.9 Å². The van der Waals surface area contributed by atoms with Crippen LogP contribution < -0.4 is 5.32 Å². The lowest BCUT2D eigenvalue weighted by molar-refractivity contribution is 1.17. The summed E-state index contributed by atoms with van der Waals surface area (Å²) in [4.78, 5) is 14.8. The second kappa shape index (κ2) is 11.0. The van der Waals surface area contributed by atoms with E-state index >= 15 is 0 Å². The van der Waals surface area contributed by atoms with E-state index < -0.39 is 0 Å². The number of anilines is 2. The first-order valence-electron chi connectivity index (χ1n) is 14.6. The average Bonchev–Trinajstić information content (AvgIpc) is 3.45. The largest absolute Gasteiger partial charge is 0.339 e. The number of pyridine rings is 3. The molecule has 0 spiro atoms. The number of benzene rings is 4. The Labute approximate surface area is 255 Å². The average molecular weight is 566 g/mol. The summed E-state index contributed by atoms with van der Waals surface area (Å²) in [7, 11) is 0. The Morgan fingerprint density at radius 3 is 1.95 bits per heavy atom. The van der Waals surface area contributed by atoms with Gasteiger partial charge in [-0.1, -0.05) is 84.9 Å². The van der Waals surface area contributed by atoms with E-state index in [0.717, 1.165) is 72.8 Å². The molecule has 0 atom stereocenters. The van der Waals surface area contributed by atoms with Crippen LogP contribution in [0.15, 0.2) is 158 Å². The molecule has 1 N–H and O–H groups in total. The first kappa shape index (κ1) is 25.6. The number of nitrogens with one attached hydrogen (secondary N) is 1. The summed E-state index contributed by atoms with van der Waals surface area (Å²) in [5.41, 5.74) is 11.0. The molecule has 0 unspecified atom stereocenters. The highest BCUT2D eigenvalue weighted by Crippen LogP contribution is 2.38. The standard InChI is InChI=1S/C39H27N5/c1-4-13-27(14-5-1)29-25-33(28-15-6-2-7-16-28)42-34(26-29)31-19-11-24-41-39(31)43-32-20-10-21-35-37(32)38-36(22-12-23-40-38)44(35)30-17-8-3-9-18-30/h1-26H,(H,41,43). The van der Waals surface area contributed by atoms with Crippen molar-refractivity contribution in [3.05, 3.63) is 158 Å². The molecule has 0 radical (unpaired) electrons. The molecule has 208 valence electrons. The number of fused-ring (bicyclic) bond motifs is 3. The predicted molar refractivity (Wildman–Crippen MR) is 180 cm³/mol. The maximum absolute atomic E-state index is 5.16. The van der Waals surface area contributed by atoms with Crippen molar-refractivity contribution in [3.8, 4) is 39.3 Å². The first-order chi connectivity index (χ1) is 21.8. The fraction of sp³-hybridized carbons (Fsp3) is 0. The van der Waals surface area contributed by atoms with Gasteiger partial charge in [0.1, 0.15) is 5.82 Å². The number of hydrogen-bond acceptors (Lipinski definition) is 4. The minimum Gasteiger partial charge on any atom is -0.339 e. The van der Waals surface area contributed by atoms with E-state index in [9.17, 15) is 0 Å². The summed E-state index contributed by atoms with van der Waals surface area (Å²) in [6.45, 7) is 0. The van der Waals surface area contributed by atoms with Crippen molar-refractivity contribution < 1.29 is 0 Å². The van der Waals surface area contributed by atoms with E-state index in [2.05, 4.69) is 113 Å². The monoisotopic (exact) mass is 565 g/mol. The van der Waals surface area contributed by atoms with Gasteiger partial charge in [0.2, 0.25) is 0 Å². The van der Waals surface area contributed by atoms with Gasteiger partial charge < -0.3 is 9.88 Å². The molecule has 4 aromatic carbocycles. The summed E-state index contributed by atoms with van der Waals surface area (Å²) in [5, 5.41) is 4.73. The normalized spacial score (nSPS) is 11.2. The van der Waals surface area contributed by atoms with Crippen LogP contribution in [0.1, 0.15) is 0 Å². The van der Waals surface area contributed by atoms with Gasteiger partial charge in [0, 0.05) is 34.6 Å². The third-order valence-corrected chi connectivity index (χ3v) is 7.90. The Morgan fingerprint density at radius 2 is 1.16 bits per heavy atom. The third kappa shape index (κ3) is 4.57. The van der Waals surface area contributed by atoms with Crippen LogP contribution in [-0.2, 0) is 0 Å². The number of nitrogens with zero attached hydrogens (tertiary/aromatic N) is 4. The van der Waals surface area contributed by atoms with Gasteiger partial charge in [0.25, 0.3) is 0 Å². The van der Waals surface area contributed by atoms with E-state index in [4.69, 9.17) is 15.0 Å². The summed E-state index contributed by atoms with van der Waals surface area (Å²) in [6, 6.07) is 49.9. The molecule has 0 aliphatic rings. The predicted octanol–water partition coefficient (Wildman–Crippen LogP) is 9.71. The molecule has 0 bridgehead atoms. The lowest BCUT2D eigenvalue weighted by atomic mass is 10.00. The van der Waals surface area contributed by atoms with Gasteiger partial charge in [0.05, 0.1) is 33.6 Å². The minimum atomic E-state index is 0.730. The topological polar surface area (TPSA) is 55.6 Å². The quantitative estimate of drug-likeness (QED) is 0.218. The molecule has 4 heterocycles. The Balaban J connectivity index is 1.30. The van der Waals surface area contributed by atoms with Crippen LogP contribution >= 0.6 is 0 Å². The minimum absolute atomic E-state index is 0.730. The van der Waals surface area contributed by atoms with Gasteiger partial charge in [0.15, 0.2) is 0 Å². The smallest absolute Gasteiger partial charge is 0.139 e. The van der Waals surface area contributed by atoms with Crippen molar-refractivity contribution in [3.63, 3.8) is 0 Å². The number of aromatic nitrogens is 4. The summed E-state index contributed by atoms with van der Waals surface area (Å²) >= 11 is 0. The summed E-state index contributed by atoms with van der Waals surface area (Å²) in [6.07, 6.45) is 3.67. The fourth-order valence-corrected chi connectivity index (χ4v) is 5.90. The van der Waals surface area contributed by atoms with Crippen molar-refractivity contribution in [2.24, 2.45) is 0 Å². The van der Waals surface area contributed by atoms with Crippen LogP contribution in [-0.4, -0.2) is 19.5 Å². The second-order valence-electron chi connectivity index (χ2n) is 10.6. The first-order valence-corrected chi connectivity index (χ1v) is 14.6. The van der Waals surface area contributed by atoms with Gasteiger partial charge in [-0.05, 0) is 71.8 Å². The molecule has 0 aliphatic heterocycles. The molecular weight excluding hydrogens is 538 g/mol. The van der Waals surface area contributed by atoms with Crippen LogP contribution in [0.4, 0.5) is 11.5 Å². The third-order valence-electron chi connectivity index (χ3n) is 7.90. The Hall–Kier alpha value is -6.07. The van der Waals surface area contributed by atoms with E-state index in [0.29, 0.717) is 0 Å². The maximum Gasteiger partial charge on any atom is 0.139 e. The summed E-state index contributed by atoms with van der Waals surface area (Å²) in [5.74, 6) is 0.730. The van der Waals surface area contributed by atoms with Gasteiger partial charge >= 0.3 is 0 Å². The highest BCUT2D eigenvalue weighted by Gasteiger charge is 2.18. The van der Waals surface area contributed by atoms with Crippen molar-refractivity contribution in [1.82, 2.24) is 19.5 Å². The Morgan fingerprint density at radius 1 is 0.500 bits per heavy atom. The van der Waals surface area contributed by atoms with Gasteiger partial charge in [-0.25, -0.2) is 9.97 Å². The molecular formula is C39H27N5. The van der Waals surface area contributed by atoms with Crippen LogP contribution in [0.5, 0.6) is 0 Å². The van der Waals surface area contributed by atoms with Crippen molar-refractivity contribution in [2.45, 2.75) is 0 Å². The van der Waals surface area contributed by atoms with Crippen LogP contribution in [0.25, 0.3) is 61.3 Å². The molecule has 4 aromatic heterocycles. The number of hydrogen-bond donors (Lipinski definition) is 1. The van der Waals surface area contributed by atoms with Gasteiger partial charge in [-0.3, -0.25) is 4.98 Å². The zero-order chi connectivity index (χ0) is 29.3. The molecule has 8 rings (SSSR count). The molecule has 5 heteroatoms. The molecule has 0 saturated heterocycles. The molecule has 5 nitrogen and oxygen atoms in total. The molecule has 0 amide bonds. The SMILES string of the molecule is c1ccc(-c2cc(-c3ccccc3)nc(-c3cccnc3Nc3cccc4c3c3ncccc3n4-c3ccccc3)c2)cc1. The highest BCUT2D eigenvalue weighted by atomic mass is 15.0. The van der Waals surface area contributed by atoms with Crippen molar-refractivity contribution >= 4 is 33.4 Å². The van der Waals surface area contributed by atoms with E-state index in [1.165, 1.54) is 0 Å². The zero-order valence-corrected chi connectivity index (χ0v) is 23.8. The van der Waals surface area contributed by atoms with Gasteiger partial charge in [-0.2, -0.15) is 0 Å². The fourth-order valence-electron chi connectivity index (χ4n) is 5.90. The van der Waals surface area contributed by atoms with Gasteiger partial charge in [-0.15, -0.1) is 0 Å². The Kier molecular flexibility index (Phi) is 6.39. The second-order valence-corrected chi connectivity index (χ2v) is 10.6. The van der Waals surface area contributed by atoms with Crippen molar-refractivity contribution in [1.29, 1.82) is 0 Å². The molecule has 44 heavy (non-hydrogen) atoms. The lowest BCUT2D eigenvalue weighted by Crippen LogP contribution is -1.99. The Bertz CT molecular complexity index is 2180. The zero-order valence-electron chi connectivity index (χ0n) is 23.8. The molecule has 0 saturated carbocycles. The molecule has 0 aliphatic carbocycles. The van der Waals surface area contributed by atoms with E-state index in [1.54, 1.807) is 0 Å². The van der Waals surface area contributed by atoms with Crippen LogP contribution in [0.2, 0.25) is 0 Å². The lowest BCUT2D eigenvalue weighted by Gasteiger charge is -2.14. The van der Waals surface area contributed by atoms with Crippen LogP contribution in [0.3, 0.4) is 0 Å². The molecule has 0 fully saturated rings. The number of rotatable bonds is 6. The van der Waals surface area contributed by atoms with Crippen molar-refractivity contribution in [2.75, 3.05) is 5.32 Å².